The van der Waals surface area contributed by atoms with E-state index in [1.165, 1.54) is 0 Å². The quantitative estimate of drug-likeness (QED) is 0.190. The predicted molar refractivity (Wildman–Crippen MR) is 192 cm³/mol. The Morgan fingerprint density at radius 3 is 1.16 bits per heavy atom. The highest BCUT2D eigenvalue weighted by Crippen LogP contribution is 2.39. The SMILES string of the molecule is [2H]c1cccc2c(-c3ccc(N(c4ccc(-c5ccccc5)cc4)c4ccc(-c5ccc([2H])c6c([2H])cccc56)cc4)cc3)ccc([2H])c12. The zero-order valence-corrected chi connectivity index (χ0v) is 24.5. The fourth-order valence-electron chi connectivity index (χ4n) is 6.12. The van der Waals surface area contributed by atoms with Gasteiger partial charge in [0.15, 0.2) is 0 Å². The molecule has 1 heteroatoms. The molecule has 0 aromatic heterocycles. The third-order valence-electron chi connectivity index (χ3n) is 8.35. The highest BCUT2D eigenvalue weighted by molar-refractivity contribution is 5.98. The molecule has 0 bridgehead atoms. The van der Waals surface area contributed by atoms with Gasteiger partial charge in [-0.2, -0.15) is 0 Å². The van der Waals surface area contributed by atoms with Crippen molar-refractivity contribution in [2.24, 2.45) is 0 Å². The molecule has 45 heavy (non-hydrogen) atoms. The van der Waals surface area contributed by atoms with Crippen LogP contribution in [0.4, 0.5) is 17.1 Å². The first-order valence-electron chi connectivity index (χ1n) is 17.1. The van der Waals surface area contributed by atoms with Crippen LogP contribution in [0.25, 0.3) is 54.9 Å². The summed E-state index contributed by atoms with van der Waals surface area (Å²) in [6.45, 7) is 0. The second kappa shape index (κ2) is 11.6. The Kier molecular flexibility index (Phi) is 5.84. The van der Waals surface area contributed by atoms with Crippen molar-refractivity contribution in [1.82, 2.24) is 0 Å². The minimum absolute atomic E-state index is 0.360. The third kappa shape index (κ3) is 5.15. The van der Waals surface area contributed by atoms with Crippen molar-refractivity contribution in [3.8, 4) is 33.4 Å². The van der Waals surface area contributed by atoms with Gasteiger partial charge >= 0.3 is 0 Å². The molecule has 8 rings (SSSR count). The topological polar surface area (TPSA) is 3.24 Å². The summed E-state index contributed by atoms with van der Waals surface area (Å²) in [5.74, 6) is 0. The minimum Gasteiger partial charge on any atom is -0.311 e. The number of rotatable bonds is 6. The Morgan fingerprint density at radius 2 is 0.689 bits per heavy atom. The van der Waals surface area contributed by atoms with Gasteiger partial charge < -0.3 is 4.90 Å². The molecule has 0 radical (unpaired) electrons. The van der Waals surface area contributed by atoms with Crippen molar-refractivity contribution < 1.29 is 5.48 Å². The number of hydrogen-bond donors (Lipinski definition) is 0. The highest BCUT2D eigenvalue weighted by atomic mass is 15.1. The lowest BCUT2D eigenvalue weighted by Gasteiger charge is -2.26. The summed E-state index contributed by atoms with van der Waals surface area (Å²) in [7, 11) is 0. The summed E-state index contributed by atoms with van der Waals surface area (Å²) in [4.78, 5) is 2.24. The zero-order chi connectivity index (χ0) is 33.5. The maximum atomic E-state index is 8.40. The molecule has 0 aliphatic heterocycles. The lowest BCUT2D eigenvalue weighted by atomic mass is 9.97. The van der Waals surface area contributed by atoms with Gasteiger partial charge in [0.2, 0.25) is 0 Å². The summed E-state index contributed by atoms with van der Waals surface area (Å²) in [6, 6.07) is 56.0. The predicted octanol–water partition coefficient (Wildman–Crippen LogP) is 12.5. The van der Waals surface area contributed by atoms with E-state index in [4.69, 9.17) is 5.48 Å². The van der Waals surface area contributed by atoms with Gasteiger partial charge in [0, 0.05) is 17.1 Å². The van der Waals surface area contributed by atoms with E-state index in [0.717, 1.165) is 61.2 Å². The molecule has 8 aromatic carbocycles. The molecule has 0 fully saturated rings. The van der Waals surface area contributed by atoms with E-state index in [2.05, 4.69) is 102 Å². The average molecular weight is 578 g/mol. The molecule has 1 nitrogen and oxygen atoms in total. The molecule has 0 heterocycles. The Balaban J connectivity index is 1.21. The number of anilines is 3. The average Bonchev–Trinajstić information content (AvgIpc) is 3.14. The van der Waals surface area contributed by atoms with E-state index >= 15 is 0 Å². The highest BCUT2D eigenvalue weighted by Gasteiger charge is 2.14. The molecular weight excluding hydrogens is 542 g/mol. The van der Waals surface area contributed by atoms with Gasteiger partial charge in [-0.1, -0.05) is 152 Å². The van der Waals surface area contributed by atoms with Gasteiger partial charge in [-0.25, -0.2) is 0 Å². The van der Waals surface area contributed by atoms with E-state index in [1.54, 1.807) is 24.3 Å². The van der Waals surface area contributed by atoms with Crippen LogP contribution >= 0.6 is 0 Å². The van der Waals surface area contributed by atoms with Crippen molar-refractivity contribution in [2.75, 3.05) is 4.90 Å². The molecule has 0 N–H and O–H groups in total. The van der Waals surface area contributed by atoms with E-state index in [0.29, 0.717) is 34.9 Å². The van der Waals surface area contributed by atoms with E-state index in [9.17, 15) is 0 Å². The van der Waals surface area contributed by atoms with Crippen LogP contribution in [-0.4, -0.2) is 0 Å². The maximum absolute atomic E-state index is 8.40. The van der Waals surface area contributed by atoms with Crippen molar-refractivity contribution in [3.63, 3.8) is 0 Å². The Morgan fingerprint density at radius 1 is 0.311 bits per heavy atom. The molecule has 0 aliphatic carbocycles. The number of fused-ring (bicyclic) bond motifs is 2. The number of nitrogens with zero attached hydrogens (tertiary/aromatic N) is 1. The Hall–Kier alpha value is -5.92. The smallest absolute Gasteiger partial charge is 0.0629 e. The molecule has 0 aliphatic rings. The summed E-state index contributed by atoms with van der Waals surface area (Å²) >= 11 is 0. The zero-order valence-electron chi connectivity index (χ0n) is 28.5. The first-order valence-corrected chi connectivity index (χ1v) is 15.1. The van der Waals surface area contributed by atoms with Crippen molar-refractivity contribution in [2.45, 2.75) is 0 Å². The monoisotopic (exact) mass is 577 g/mol. The molecule has 0 spiro atoms. The molecular formula is C44H31N. The fourth-order valence-corrected chi connectivity index (χ4v) is 6.12. The molecule has 0 amide bonds. The lowest BCUT2D eigenvalue weighted by molar-refractivity contribution is 1.28. The van der Waals surface area contributed by atoms with Gasteiger partial charge in [-0.05, 0) is 91.3 Å². The lowest BCUT2D eigenvalue weighted by Crippen LogP contribution is -2.09. The van der Waals surface area contributed by atoms with Crippen LogP contribution in [-0.2, 0) is 0 Å². The summed E-state index contributed by atoms with van der Waals surface area (Å²) in [5, 5.41) is 3.13. The molecule has 0 saturated carbocycles. The van der Waals surface area contributed by atoms with Crippen LogP contribution in [0.3, 0.4) is 0 Å². The maximum Gasteiger partial charge on any atom is 0.0629 e. The number of hydrogen-bond acceptors (Lipinski definition) is 1. The minimum atomic E-state index is 0.360. The fraction of sp³-hybridized carbons (Fsp3) is 0. The normalized spacial score (nSPS) is 12.4. The summed E-state index contributed by atoms with van der Waals surface area (Å²) < 4.78 is 33.6. The molecule has 212 valence electrons. The largest absolute Gasteiger partial charge is 0.311 e. The summed E-state index contributed by atoms with van der Waals surface area (Å²) in [6.07, 6.45) is 0. The van der Waals surface area contributed by atoms with Crippen LogP contribution in [0, 0.1) is 0 Å². The van der Waals surface area contributed by atoms with Crippen LogP contribution in [0.1, 0.15) is 5.48 Å². The van der Waals surface area contributed by atoms with Crippen molar-refractivity contribution in [3.05, 3.63) is 188 Å². The second-order valence-corrected chi connectivity index (χ2v) is 11.0. The second-order valence-electron chi connectivity index (χ2n) is 11.0. The van der Waals surface area contributed by atoms with Gasteiger partial charge in [-0.15, -0.1) is 0 Å². The Labute approximate surface area is 269 Å². The van der Waals surface area contributed by atoms with Crippen LogP contribution in [0.5, 0.6) is 0 Å². The Bertz CT molecular complexity index is 2300. The number of benzene rings is 8. The van der Waals surface area contributed by atoms with Crippen LogP contribution in [0.2, 0.25) is 0 Å². The van der Waals surface area contributed by atoms with Gasteiger partial charge in [0.1, 0.15) is 0 Å². The molecule has 0 saturated heterocycles. The van der Waals surface area contributed by atoms with Crippen LogP contribution < -0.4 is 4.90 Å². The standard InChI is InChI=1S/C44H31N/c1-2-10-32(11-3-1)33-20-26-38(27-21-33)45(39-28-22-36(23-29-39)43-18-8-14-34-12-4-6-16-41(34)43)40-30-24-37(25-31-40)44-19-9-15-35-13-5-7-17-42(35)44/h1-31H/i12D,13D,14D,15D. The van der Waals surface area contributed by atoms with Crippen molar-refractivity contribution >= 4 is 38.6 Å². The van der Waals surface area contributed by atoms with Crippen molar-refractivity contribution in [1.29, 1.82) is 0 Å². The van der Waals surface area contributed by atoms with E-state index < -0.39 is 0 Å². The molecule has 0 atom stereocenters. The van der Waals surface area contributed by atoms with Gasteiger partial charge in [0.25, 0.3) is 0 Å². The molecule has 0 unspecified atom stereocenters. The first-order chi connectivity index (χ1) is 24.0. The van der Waals surface area contributed by atoms with E-state index in [-0.39, 0.29) is 0 Å². The van der Waals surface area contributed by atoms with E-state index in [1.807, 2.05) is 42.5 Å². The first kappa shape index (κ1) is 22.6. The molecule has 8 aromatic rings. The van der Waals surface area contributed by atoms with Crippen LogP contribution in [0.15, 0.2) is 188 Å². The summed E-state index contributed by atoms with van der Waals surface area (Å²) in [5.41, 5.74) is 9.35. The third-order valence-corrected chi connectivity index (χ3v) is 8.35. The van der Waals surface area contributed by atoms with Gasteiger partial charge in [-0.3, -0.25) is 0 Å². The van der Waals surface area contributed by atoms with Gasteiger partial charge in [0.05, 0.1) is 5.48 Å².